The maximum atomic E-state index is 13.7. The van der Waals surface area contributed by atoms with E-state index in [1.165, 1.54) is 37.8 Å². The molecule has 0 bridgehead atoms. The Morgan fingerprint density at radius 3 is 2.57 bits per heavy atom. The lowest BCUT2D eigenvalue weighted by atomic mass is 10.1. The molecule has 1 aliphatic carbocycles. The van der Waals surface area contributed by atoms with Crippen LogP contribution in [0.25, 0.3) is 0 Å². The van der Waals surface area contributed by atoms with Crippen LogP contribution in [0.4, 0.5) is 26.2 Å². The van der Waals surface area contributed by atoms with Gasteiger partial charge in [-0.3, -0.25) is 0 Å². The van der Waals surface area contributed by atoms with Gasteiger partial charge in [0.05, 0.1) is 11.9 Å². The normalized spacial score (nSPS) is 15.9. The first-order chi connectivity index (χ1) is 11.2. The number of aromatic nitrogens is 3. The van der Waals surface area contributed by atoms with Gasteiger partial charge in [-0.25, -0.2) is 8.78 Å². The lowest BCUT2D eigenvalue weighted by Crippen LogP contribution is -2.19. The molecule has 0 amide bonds. The van der Waals surface area contributed by atoms with Crippen LogP contribution in [-0.4, -0.2) is 21.2 Å². The fourth-order valence-corrected chi connectivity index (χ4v) is 2.77. The van der Waals surface area contributed by atoms with Crippen molar-refractivity contribution in [3.8, 4) is 0 Å². The molecule has 0 saturated heterocycles. The van der Waals surface area contributed by atoms with Gasteiger partial charge in [0.2, 0.25) is 5.95 Å². The maximum absolute atomic E-state index is 13.7. The van der Waals surface area contributed by atoms with Gasteiger partial charge in [0.25, 0.3) is 0 Å². The number of hydrogen-bond donors (Lipinski definition) is 2. The molecule has 2 N–H and O–H groups in total. The minimum atomic E-state index is -0.698. The smallest absolute Gasteiger partial charge is 0.249 e. The Morgan fingerprint density at radius 2 is 1.83 bits per heavy atom. The highest BCUT2D eigenvalue weighted by Crippen LogP contribution is 2.21. The average Bonchev–Trinajstić information content (AvgIpc) is 2.79. The summed E-state index contributed by atoms with van der Waals surface area (Å²) in [5, 5.41) is 13.8. The van der Waals surface area contributed by atoms with E-state index < -0.39 is 11.6 Å². The zero-order valence-corrected chi connectivity index (χ0v) is 12.7. The summed E-state index contributed by atoms with van der Waals surface area (Å²) in [5.41, 5.74) is 0.111. The van der Waals surface area contributed by atoms with E-state index in [0.29, 0.717) is 11.9 Å². The van der Waals surface area contributed by atoms with Gasteiger partial charge in [0, 0.05) is 12.1 Å². The van der Waals surface area contributed by atoms with Crippen LogP contribution in [0.3, 0.4) is 0 Å². The second kappa shape index (κ2) is 7.30. The van der Waals surface area contributed by atoms with E-state index in [2.05, 4.69) is 25.8 Å². The van der Waals surface area contributed by atoms with Gasteiger partial charge in [-0.2, -0.15) is 10.1 Å². The molecule has 3 rings (SSSR count). The van der Waals surface area contributed by atoms with Crippen LogP contribution in [0.5, 0.6) is 0 Å². The molecule has 122 valence electrons. The molecule has 1 aromatic carbocycles. The van der Waals surface area contributed by atoms with E-state index in [1.54, 1.807) is 6.20 Å². The fraction of sp³-hybridized carbons (Fsp3) is 0.438. The van der Waals surface area contributed by atoms with Gasteiger partial charge in [-0.1, -0.05) is 25.7 Å². The first-order valence-electron chi connectivity index (χ1n) is 7.89. The molecule has 1 heterocycles. The number of nitrogens with zero attached hydrogens (tertiary/aromatic N) is 3. The van der Waals surface area contributed by atoms with E-state index in [1.807, 2.05) is 0 Å². The minimum absolute atomic E-state index is 0.111. The number of hydrogen-bond acceptors (Lipinski definition) is 5. The molecular formula is C16H19F2N5. The molecule has 2 aromatic rings. The lowest BCUT2D eigenvalue weighted by molar-refractivity contribution is 0.586. The molecule has 1 aliphatic rings. The number of anilines is 3. The monoisotopic (exact) mass is 319 g/mol. The largest absolute Gasteiger partial charge is 0.366 e. The minimum Gasteiger partial charge on any atom is -0.366 e. The Bertz CT molecular complexity index is 657. The zero-order valence-electron chi connectivity index (χ0n) is 12.7. The second-order valence-electron chi connectivity index (χ2n) is 5.75. The number of halogens is 2. The van der Waals surface area contributed by atoms with Crippen LogP contribution < -0.4 is 10.6 Å². The third-order valence-corrected chi connectivity index (χ3v) is 3.94. The topological polar surface area (TPSA) is 62.7 Å². The van der Waals surface area contributed by atoms with Gasteiger partial charge in [0.1, 0.15) is 11.6 Å². The van der Waals surface area contributed by atoms with Gasteiger partial charge >= 0.3 is 0 Å². The Kier molecular flexibility index (Phi) is 4.95. The van der Waals surface area contributed by atoms with E-state index in [4.69, 9.17) is 0 Å². The van der Waals surface area contributed by atoms with Gasteiger partial charge in [-0.05, 0) is 25.0 Å². The van der Waals surface area contributed by atoms with Gasteiger partial charge in [-0.15, -0.1) is 5.10 Å². The quantitative estimate of drug-likeness (QED) is 0.833. The third-order valence-electron chi connectivity index (χ3n) is 3.94. The number of nitrogens with one attached hydrogen (secondary N) is 2. The van der Waals surface area contributed by atoms with E-state index in [9.17, 15) is 8.78 Å². The van der Waals surface area contributed by atoms with Crippen LogP contribution in [0.2, 0.25) is 0 Å². The summed E-state index contributed by atoms with van der Waals surface area (Å²) in [6.45, 7) is 0. The van der Waals surface area contributed by atoms with Crippen molar-refractivity contribution in [2.24, 2.45) is 0 Å². The molecule has 0 aliphatic heterocycles. The second-order valence-corrected chi connectivity index (χ2v) is 5.75. The number of rotatable bonds is 4. The fourth-order valence-electron chi connectivity index (χ4n) is 2.77. The molecule has 0 unspecified atom stereocenters. The van der Waals surface area contributed by atoms with Crippen LogP contribution in [0.1, 0.15) is 38.5 Å². The SMILES string of the molecule is Fc1ccc(Nc2nncc(NC3CCCCCC3)n2)c(F)c1. The summed E-state index contributed by atoms with van der Waals surface area (Å²) in [6.07, 6.45) is 8.74. The van der Waals surface area contributed by atoms with Crippen molar-refractivity contribution in [2.75, 3.05) is 10.6 Å². The summed E-state index contributed by atoms with van der Waals surface area (Å²) in [7, 11) is 0. The molecular weight excluding hydrogens is 300 g/mol. The van der Waals surface area contributed by atoms with Crippen LogP contribution in [0.15, 0.2) is 24.4 Å². The number of benzene rings is 1. The molecule has 1 saturated carbocycles. The van der Waals surface area contributed by atoms with Crippen LogP contribution >= 0.6 is 0 Å². The lowest BCUT2D eigenvalue weighted by Gasteiger charge is -2.16. The highest BCUT2D eigenvalue weighted by molar-refractivity contribution is 5.54. The molecule has 0 spiro atoms. The van der Waals surface area contributed by atoms with Crippen molar-refractivity contribution in [1.82, 2.24) is 15.2 Å². The molecule has 7 heteroatoms. The highest BCUT2D eigenvalue weighted by atomic mass is 19.1. The summed E-state index contributed by atoms with van der Waals surface area (Å²) in [6, 6.07) is 3.67. The zero-order chi connectivity index (χ0) is 16.1. The van der Waals surface area contributed by atoms with Crippen molar-refractivity contribution < 1.29 is 8.78 Å². The van der Waals surface area contributed by atoms with Crippen molar-refractivity contribution in [2.45, 2.75) is 44.6 Å². The van der Waals surface area contributed by atoms with Gasteiger partial charge in [0.15, 0.2) is 5.82 Å². The third kappa shape index (κ3) is 4.34. The maximum Gasteiger partial charge on any atom is 0.249 e. The highest BCUT2D eigenvalue weighted by Gasteiger charge is 2.13. The first kappa shape index (κ1) is 15.6. The molecule has 0 atom stereocenters. The van der Waals surface area contributed by atoms with E-state index in [0.717, 1.165) is 18.9 Å². The van der Waals surface area contributed by atoms with Crippen LogP contribution in [0, 0.1) is 11.6 Å². The summed E-state index contributed by atoms with van der Waals surface area (Å²) in [5.74, 6) is -0.544. The summed E-state index contributed by atoms with van der Waals surface area (Å²) < 4.78 is 26.6. The van der Waals surface area contributed by atoms with E-state index >= 15 is 0 Å². The standard InChI is InChI=1S/C16H19F2N5/c17-11-7-8-14(13(18)9-11)21-16-22-15(10-19-23-16)20-12-5-3-1-2-4-6-12/h7-10,12H,1-6H2,(H2,20,21,22,23). The Labute approximate surface area is 133 Å². The van der Waals surface area contributed by atoms with Crippen molar-refractivity contribution in [3.63, 3.8) is 0 Å². The average molecular weight is 319 g/mol. The predicted molar refractivity (Wildman–Crippen MR) is 84.6 cm³/mol. The molecule has 1 aromatic heterocycles. The first-order valence-corrected chi connectivity index (χ1v) is 7.89. The molecule has 23 heavy (non-hydrogen) atoms. The van der Waals surface area contributed by atoms with Crippen molar-refractivity contribution in [3.05, 3.63) is 36.0 Å². The molecule has 0 radical (unpaired) electrons. The van der Waals surface area contributed by atoms with Crippen LogP contribution in [-0.2, 0) is 0 Å². The van der Waals surface area contributed by atoms with E-state index in [-0.39, 0.29) is 11.6 Å². The summed E-state index contributed by atoms with van der Waals surface area (Å²) in [4.78, 5) is 4.30. The predicted octanol–water partition coefficient (Wildman–Crippen LogP) is 4.03. The Hall–Kier alpha value is -2.31. The molecule has 1 fully saturated rings. The van der Waals surface area contributed by atoms with Gasteiger partial charge < -0.3 is 10.6 Å². The Morgan fingerprint density at radius 1 is 1.04 bits per heavy atom. The Balaban J connectivity index is 1.69. The van der Waals surface area contributed by atoms with Crippen molar-refractivity contribution >= 4 is 17.5 Å². The summed E-state index contributed by atoms with van der Waals surface area (Å²) >= 11 is 0. The molecule has 5 nitrogen and oxygen atoms in total. The van der Waals surface area contributed by atoms with Crippen molar-refractivity contribution in [1.29, 1.82) is 0 Å².